The molecule has 0 atom stereocenters. The molecule has 0 aromatic heterocycles. The van der Waals surface area contributed by atoms with E-state index in [1.165, 1.54) is 0 Å². The molecule has 52 valence electrons. The third kappa shape index (κ3) is 17.6. The Morgan fingerprint density at radius 2 is 1.60 bits per heavy atom. The fraction of sp³-hybridized carbons (Fsp3) is 0. The van der Waals surface area contributed by atoms with E-state index in [1.807, 2.05) is 0 Å². The van der Waals surface area contributed by atoms with E-state index in [2.05, 4.69) is 4.44 Å². The summed E-state index contributed by atoms with van der Waals surface area (Å²) in [6.07, 6.45) is 0. The van der Waals surface area contributed by atoms with Gasteiger partial charge in [0.05, 0.1) is 0 Å². The molecule has 0 bridgehead atoms. The maximum atomic E-state index is 9.59. The third-order valence-corrected chi connectivity index (χ3v) is 0.695. The van der Waals surface area contributed by atoms with Crippen molar-refractivity contribution in [1.29, 1.82) is 0 Å². The second-order valence-corrected chi connectivity index (χ2v) is 2.11. The van der Waals surface area contributed by atoms with Gasteiger partial charge in [0.25, 0.3) is 0 Å². The van der Waals surface area contributed by atoms with Crippen LogP contribution in [0.15, 0.2) is 0 Å². The normalized spacial score (nSPS) is 9.20. The molecule has 0 amide bonds. The fourth-order valence-electron chi connectivity index (χ4n) is 0.123. The van der Waals surface area contributed by atoms with Gasteiger partial charge in [0, 0.05) is 0 Å². The molecule has 10 heteroatoms. The zero-order chi connectivity index (χ0) is 6.78. The summed E-state index contributed by atoms with van der Waals surface area (Å²) in [5.41, 5.74) is 0. The van der Waals surface area contributed by atoms with Crippen LogP contribution < -0.4 is 0 Å². The minimum atomic E-state index is -4.72. The molecule has 0 unspecified atom stereocenters. The molecule has 0 aliphatic heterocycles. The van der Waals surface area contributed by atoms with Gasteiger partial charge in [-0.25, -0.2) is 4.57 Å². The minimum absolute atomic E-state index is 0. The molecule has 6 nitrogen and oxygen atoms in total. The van der Waals surface area contributed by atoms with Crippen molar-refractivity contribution in [3.8, 4) is 0 Å². The van der Waals surface area contributed by atoms with Crippen LogP contribution in [-0.2, 0) is 9.01 Å². The van der Waals surface area contributed by atoms with Gasteiger partial charge in [-0.15, -0.1) is 0 Å². The molecule has 0 heterocycles. The fourth-order valence-corrected chi connectivity index (χ4v) is 0.368. The molecule has 0 aliphatic carbocycles. The van der Waals surface area contributed by atoms with Crippen molar-refractivity contribution < 1.29 is 28.8 Å². The van der Waals surface area contributed by atoms with E-state index in [-0.39, 0.29) is 110 Å². The Bertz CT molecular complexity index is 110. The van der Waals surface area contributed by atoms with Crippen molar-refractivity contribution >= 4 is 125 Å². The Morgan fingerprint density at radius 1 is 1.30 bits per heavy atom. The Balaban J connectivity index is -0.000000245. The summed E-state index contributed by atoms with van der Waals surface area (Å²) in [7, 11) is -7.14. The summed E-state index contributed by atoms with van der Waals surface area (Å²) in [5, 5.41) is 15.5. The van der Waals surface area contributed by atoms with Gasteiger partial charge in [0.1, 0.15) is 0 Å². The van der Waals surface area contributed by atoms with Gasteiger partial charge in [-0.2, -0.15) is 0 Å². The number of hydrogen-bond acceptors (Lipinski definition) is 4. The van der Waals surface area contributed by atoms with Crippen LogP contribution in [0.1, 0.15) is 0 Å². The second-order valence-electron chi connectivity index (χ2n) is 0.922. The summed E-state index contributed by atoms with van der Waals surface area (Å²) in [5.74, 6) is 0. The first-order chi connectivity index (χ1) is 3.42. The van der Waals surface area contributed by atoms with Gasteiger partial charge in [-0.1, -0.05) is 0 Å². The van der Waals surface area contributed by atoms with Gasteiger partial charge in [-0.3, -0.25) is 4.44 Å². The first kappa shape index (κ1) is 19.2. The predicted octanol–water partition coefficient (Wildman–Crippen LogP) is -3.23. The quantitative estimate of drug-likeness (QED) is 0.310. The predicted molar refractivity (Wildman–Crippen MR) is 37.6 cm³/mol. The Hall–Kier alpha value is 3.54. The molecule has 0 aliphatic rings. The molecule has 0 spiro atoms. The van der Waals surface area contributed by atoms with E-state index in [9.17, 15) is 4.57 Å². The second kappa shape index (κ2) is 9.11. The molecular formula is H6BKO6PRb. The summed E-state index contributed by atoms with van der Waals surface area (Å²) >= 11 is 0. The first-order valence-corrected chi connectivity index (χ1v) is 3.05. The Morgan fingerprint density at radius 3 is 1.60 bits per heavy atom. The average Bonchev–Trinajstić information content (AvgIpc) is 1.21. The number of phosphoric acid groups is 1. The van der Waals surface area contributed by atoms with Gasteiger partial charge in [0.15, 0.2) is 0 Å². The summed E-state index contributed by atoms with van der Waals surface area (Å²) in [6.45, 7) is 0. The molecule has 0 fully saturated rings. The van der Waals surface area contributed by atoms with E-state index in [0.29, 0.717) is 0 Å². The molecule has 0 aromatic carbocycles. The van der Waals surface area contributed by atoms with Crippen LogP contribution in [0.2, 0.25) is 0 Å². The van der Waals surface area contributed by atoms with Crippen LogP contribution >= 0.6 is 7.82 Å². The van der Waals surface area contributed by atoms with E-state index in [1.54, 1.807) is 0 Å². The van der Waals surface area contributed by atoms with Gasteiger partial charge < -0.3 is 19.8 Å². The van der Waals surface area contributed by atoms with E-state index in [0.717, 1.165) is 0 Å². The van der Waals surface area contributed by atoms with E-state index < -0.39 is 15.1 Å². The van der Waals surface area contributed by atoms with Crippen LogP contribution in [0.25, 0.3) is 0 Å². The van der Waals surface area contributed by atoms with Crippen molar-refractivity contribution in [2.75, 3.05) is 0 Å². The topological polar surface area (TPSA) is 107 Å². The Labute approximate surface area is 149 Å². The van der Waals surface area contributed by atoms with Crippen molar-refractivity contribution in [2.45, 2.75) is 0 Å². The van der Waals surface area contributed by atoms with E-state index >= 15 is 0 Å². The zero-order valence-corrected chi connectivity index (χ0v) is 4.52. The number of rotatable bonds is 2. The van der Waals surface area contributed by atoms with Crippen LogP contribution in [0.5, 0.6) is 0 Å². The molecule has 0 saturated heterocycles. The van der Waals surface area contributed by atoms with Gasteiger partial charge >= 0.3 is 125 Å². The van der Waals surface area contributed by atoms with Crippen molar-refractivity contribution in [2.24, 2.45) is 0 Å². The van der Waals surface area contributed by atoms with Gasteiger partial charge in [0.2, 0.25) is 0 Å². The van der Waals surface area contributed by atoms with Crippen molar-refractivity contribution in [1.82, 2.24) is 0 Å². The van der Waals surface area contributed by atoms with E-state index in [4.69, 9.17) is 19.8 Å². The molecule has 0 saturated carbocycles. The van der Waals surface area contributed by atoms with Crippen LogP contribution in [0.3, 0.4) is 0 Å². The number of hydrogen-bond donors (Lipinski definition) is 4. The van der Waals surface area contributed by atoms with Gasteiger partial charge in [-0.05, 0) is 0 Å². The molecule has 4 N–H and O–H groups in total. The molecule has 0 radical (unpaired) electrons. The molecule has 10 heavy (non-hydrogen) atoms. The molecular weight excluding hydrogens is 262 g/mol. The third-order valence-electron chi connectivity index (χ3n) is 0.232. The summed E-state index contributed by atoms with van der Waals surface area (Å²) in [6, 6.07) is 0. The standard InChI is InChI=1S/BH4O6P.K.Rb.2H/c2-1(3)7-8(4,5)6;;;;/h2-3H,(H2,4,5,6);;;;. The first-order valence-electron chi connectivity index (χ1n) is 1.52. The molecule has 0 rings (SSSR count). The van der Waals surface area contributed by atoms with Crippen LogP contribution in [0.4, 0.5) is 0 Å². The SMILES string of the molecule is O=P(O)(O)OB(O)O.[KH].[RbH]. The maximum absolute atomic E-state index is 9.59. The summed E-state index contributed by atoms with van der Waals surface area (Å²) in [4.78, 5) is 15.5. The van der Waals surface area contributed by atoms with Crippen molar-refractivity contribution in [3.05, 3.63) is 0 Å². The van der Waals surface area contributed by atoms with Crippen LogP contribution in [0, 0.1) is 0 Å². The average molecular weight is 268 g/mol. The summed E-state index contributed by atoms with van der Waals surface area (Å²) < 4.78 is 12.8. The monoisotopic (exact) mass is 268 g/mol. The molecule has 0 aromatic rings. The van der Waals surface area contributed by atoms with Crippen LogP contribution in [-0.4, -0.2) is 137 Å². The van der Waals surface area contributed by atoms with Crippen molar-refractivity contribution in [3.63, 3.8) is 0 Å². The zero-order valence-electron chi connectivity index (χ0n) is 3.63. The Kier molecular flexibility index (Phi) is 17.4.